The lowest BCUT2D eigenvalue weighted by atomic mass is 10.1. The fourth-order valence-electron chi connectivity index (χ4n) is 1.67. The standard InChI is InChI=1S/C11H20ClNOS/c12-6-3-1-2-4-7-13-11(14)10-5-8-15-9-10/h10H,1-9H2,(H,13,14). The van der Waals surface area contributed by atoms with Crippen LogP contribution in [0.1, 0.15) is 32.1 Å². The van der Waals surface area contributed by atoms with Crippen molar-refractivity contribution in [1.82, 2.24) is 5.32 Å². The van der Waals surface area contributed by atoms with E-state index in [4.69, 9.17) is 11.6 Å². The molecule has 2 nitrogen and oxygen atoms in total. The minimum absolute atomic E-state index is 0.261. The average Bonchev–Trinajstić information content (AvgIpc) is 2.76. The van der Waals surface area contributed by atoms with Gasteiger partial charge in [-0.15, -0.1) is 11.6 Å². The summed E-state index contributed by atoms with van der Waals surface area (Å²) < 4.78 is 0. The van der Waals surface area contributed by atoms with Crippen LogP contribution < -0.4 is 5.32 Å². The minimum Gasteiger partial charge on any atom is -0.356 e. The summed E-state index contributed by atoms with van der Waals surface area (Å²) in [5.41, 5.74) is 0. The largest absolute Gasteiger partial charge is 0.356 e. The Labute approximate surface area is 102 Å². The van der Waals surface area contributed by atoms with Gasteiger partial charge < -0.3 is 5.32 Å². The third-order valence-corrected chi connectivity index (χ3v) is 4.09. The summed E-state index contributed by atoms with van der Waals surface area (Å²) in [5, 5.41) is 3.02. The van der Waals surface area contributed by atoms with Crippen molar-refractivity contribution in [3.63, 3.8) is 0 Å². The van der Waals surface area contributed by atoms with Crippen LogP contribution in [0.5, 0.6) is 0 Å². The number of hydrogen-bond acceptors (Lipinski definition) is 2. The van der Waals surface area contributed by atoms with Crippen molar-refractivity contribution in [3.05, 3.63) is 0 Å². The lowest BCUT2D eigenvalue weighted by molar-refractivity contribution is -0.124. The molecule has 1 amide bonds. The number of unbranched alkanes of at least 4 members (excludes halogenated alkanes) is 3. The normalized spacial score (nSPS) is 20.5. The summed E-state index contributed by atoms with van der Waals surface area (Å²) in [6.07, 6.45) is 5.59. The smallest absolute Gasteiger partial charge is 0.223 e. The van der Waals surface area contributed by atoms with Gasteiger partial charge in [0.25, 0.3) is 0 Å². The van der Waals surface area contributed by atoms with E-state index in [2.05, 4.69) is 5.32 Å². The third-order valence-electron chi connectivity index (χ3n) is 2.66. The molecular formula is C11H20ClNOS. The second-order valence-corrected chi connectivity index (χ2v) is 5.48. The topological polar surface area (TPSA) is 29.1 Å². The van der Waals surface area contributed by atoms with Crippen molar-refractivity contribution in [1.29, 1.82) is 0 Å². The maximum absolute atomic E-state index is 11.6. The van der Waals surface area contributed by atoms with Crippen molar-refractivity contribution in [2.75, 3.05) is 23.9 Å². The highest BCUT2D eigenvalue weighted by molar-refractivity contribution is 7.99. The summed E-state index contributed by atoms with van der Waals surface area (Å²) in [4.78, 5) is 11.6. The molecule has 0 saturated carbocycles. The predicted molar refractivity (Wildman–Crippen MR) is 67.6 cm³/mol. The Morgan fingerprint density at radius 2 is 2.13 bits per heavy atom. The van der Waals surface area contributed by atoms with Crippen molar-refractivity contribution >= 4 is 29.3 Å². The third kappa shape index (κ3) is 5.67. The van der Waals surface area contributed by atoms with Crippen LogP contribution in [-0.2, 0) is 4.79 Å². The van der Waals surface area contributed by atoms with Gasteiger partial charge in [-0.2, -0.15) is 11.8 Å². The number of nitrogens with one attached hydrogen (secondary N) is 1. The molecule has 88 valence electrons. The fourth-order valence-corrected chi connectivity index (χ4v) is 3.08. The van der Waals surface area contributed by atoms with Gasteiger partial charge in [0.05, 0.1) is 0 Å². The highest BCUT2D eigenvalue weighted by Gasteiger charge is 2.22. The molecule has 1 atom stereocenters. The van der Waals surface area contributed by atoms with E-state index >= 15 is 0 Å². The maximum Gasteiger partial charge on any atom is 0.223 e. The number of rotatable bonds is 7. The quantitative estimate of drug-likeness (QED) is 0.555. The molecular weight excluding hydrogens is 230 g/mol. The van der Waals surface area contributed by atoms with Crippen LogP contribution in [0.15, 0.2) is 0 Å². The molecule has 0 aromatic rings. The summed E-state index contributed by atoms with van der Waals surface area (Å²) >= 11 is 7.46. The Morgan fingerprint density at radius 1 is 1.33 bits per heavy atom. The van der Waals surface area contributed by atoms with Crippen LogP contribution in [0.3, 0.4) is 0 Å². The molecule has 4 heteroatoms. The van der Waals surface area contributed by atoms with Crippen molar-refractivity contribution in [2.24, 2.45) is 5.92 Å². The number of amides is 1. The summed E-state index contributed by atoms with van der Waals surface area (Å²) in [7, 11) is 0. The molecule has 1 fully saturated rings. The first kappa shape index (κ1) is 13.2. The van der Waals surface area contributed by atoms with Crippen LogP contribution in [0.25, 0.3) is 0 Å². The molecule has 1 N–H and O–H groups in total. The maximum atomic E-state index is 11.6. The Morgan fingerprint density at radius 3 is 2.80 bits per heavy atom. The van der Waals surface area contributed by atoms with Gasteiger partial charge >= 0.3 is 0 Å². The van der Waals surface area contributed by atoms with Gasteiger partial charge in [0, 0.05) is 24.1 Å². The van der Waals surface area contributed by atoms with Gasteiger partial charge in [-0.1, -0.05) is 12.8 Å². The monoisotopic (exact) mass is 249 g/mol. The number of alkyl halides is 1. The van der Waals surface area contributed by atoms with E-state index in [1.165, 1.54) is 12.8 Å². The zero-order valence-corrected chi connectivity index (χ0v) is 10.7. The molecule has 1 aliphatic rings. The molecule has 0 spiro atoms. The Balaban J connectivity index is 1.92. The van der Waals surface area contributed by atoms with Crippen LogP contribution in [0.2, 0.25) is 0 Å². The lowest BCUT2D eigenvalue weighted by Gasteiger charge is -2.09. The van der Waals surface area contributed by atoms with E-state index in [-0.39, 0.29) is 11.8 Å². The number of carbonyl (C=O) groups excluding carboxylic acids is 1. The average molecular weight is 250 g/mol. The Hall–Kier alpha value is 0.110. The predicted octanol–water partition coefficient (Wildman–Crippen LogP) is 2.65. The van der Waals surface area contributed by atoms with Gasteiger partial charge in [0.1, 0.15) is 0 Å². The highest BCUT2D eigenvalue weighted by Crippen LogP contribution is 2.23. The van der Waals surface area contributed by atoms with Gasteiger partial charge in [0.15, 0.2) is 0 Å². The van der Waals surface area contributed by atoms with Crippen LogP contribution in [-0.4, -0.2) is 29.8 Å². The molecule has 0 radical (unpaired) electrons. The summed E-state index contributed by atoms with van der Waals surface area (Å²) in [6, 6.07) is 0. The molecule has 1 rings (SSSR count). The molecule has 0 aliphatic carbocycles. The molecule has 0 aromatic carbocycles. The molecule has 0 bridgehead atoms. The van der Waals surface area contributed by atoms with E-state index in [9.17, 15) is 4.79 Å². The van der Waals surface area contributed by atoms with Gasteiger partial charge in [0.2, 0.25) is 5.91 Å². The molecule has 0 aromatic heterocycles. The second kappa shape index (κ2) is 8.28. The summed E-state index contributed by atoms with van der Waals surface area (Å²) in [6.45, 7) is 0.836. The van der Waals surface area contributed by atoms with Crippen LogP contribution in [0, 0.1) is 5.92 Å². The first-order chi connectivity index (χ1) is 7.34. The van der Waals surface area contributed by atoms with E-state index < -0.39 is 0 Å². The van der Waals surface area contributed by atoms with Gasteiger partial charge in [-0.05, 0) is 25.0 Å². The number of carbonyl (C=O) groups is 1. The van der Waals surface area contributed by atoms with E-state index in [1.807, 2.05) is 11.8 Å². The highest BCUT2D eigenvalue weighted by atomic mass is 35.5. The van der Waals surface area contributed by atoms with E-state index in [0.29, 0.717) is 0 Å². The second-order valence-electron chi connectivity index (χ2n) is 3.95. The first-order valence-corrected chi connectivity index (χ1v) is 7.45. The van der Waals surface area contributed by atoms with Gasteiger partial charge in [-0.25, -0.2) is 0 Å². The van der Waals surface area contributed by atoms with Crippen molar-refractivity contribution in [3.8, 4) is 0 Å². The Kier molecular flexibility index (Phi) is 7.28. The molecule has 1 aliphatic heterocycles. The first-order valence-electron chi connectivity index (χ1n) is 5.76. The van der Waals surface area contributed by atoms with Crippen molar-refractivity contribution < 1.29 is 4.79 Å². The fraction of sp³-hybridized carbons (Fsp3) is 0.909. The SMILES string of the molecule is O=C(NCCCCCCCl)C1CCSC1. The van der Waals surface area contributed by atoms with E-state index in [0.717, 1.165) is 43.2 Å². The molecule has 1 unspecified atom stereocenters. The van der Waals surface area contributed by atoms with Crippen LogP contribution >= 0.6 is 23.4 Å². The zero-order chi connectivity index (χ0) is 10.9. The number of halogens is 1. The molecule has 1 heterocycles. The number of hydrogen-bond donors (Lipinski definition) is 1. The minimum atomic E-state index is 0.261. The zero-order valence-electron chi connectivity index (χ0n) is 9.14. The van der Waals surface area contributed by atoms with Gasteiger partial charge in [-0.3, -0.25) is 4.79 Å². The lowest BCUT2D eigenvalue weighted by Crippen LogP contribution is -2.31. The summed E-state index contributed by atoms with van der Waals surface area (Å²) in [5.74, 6) is 3.45. The number of thioether (sulfide) groups is 1. The van der Waals surface area contributed by atoms with Crippen molar-refractivity contribution in [2.45, 2.75) is 32.1 Å². The Bertz CT molecular complexity index is 183. The molecule has 15 heavy (non-hydrogen) atoms. The van der Waals surface area contributed by atoms with Crippen LogP contribution in [0.4, 0.5) is 0 Å². The molecule has 1 saturated heterocycles. The van der Waals surface area contributed by atoms with E-state index in [1.54, 1.807) is 0 Å².